The summed E-state index contributed by atoms with van der Waals surface area (Å²) in [6, 6.07) is -0.808. The molecule has 0 aromatic heterocycles. The van der Waals surface area contributed by atoms with Crippen molar-refractivity contribution in [1.82, 2.24) is 0 Å². The third-order valence-electron chi connectivity index (χ3n) is 1.21. The third kappa shape index (κ3) is 3.01. The van der Waals surface area contributed by atoms with E-state index >= 15 is 0 Å². The number of hydrogen-bond acceptors (Lipinski definition) is 3. The predicted molar refractivity (Wildman–Crippen MR) is 34.9 cm³/mol. The van der Waals surface area contributed by atoms with Crippen molar-refractivity contribution < 1.29 is 9.72 Å². The van der Waals surface area contributed by atoms with Gasteiger partial charge in [-0.3, -0.25) is 14.9 Å². The van der Waals surface area contributed by atoms with Crippen LogP contribution in [-0.2, 0) is 4.79 Å². The Morgan fingerprint density at radius 2 is 2.30 bits per heavy atom. The Balaban J connectivity index is 3.83. The fourth-order valence-electron chi connectivity index (χ4n) is 0.600. The second-order valence-electron chi connectivity index (χ2n) is 2.02. The number of nitrogens with two attached hydrogens (primary N) is 1. The first-order chi connectivity index (χ1) is 4.57. The van der Waals surface area contributed by atoms with Crippen molar-refractivity contribution in [3.63, 3.8) is 0 Å². The van der Waals surface area contributed by atoms with E-state index in [2.05, 4.69) is 0 Å². The van der Waals surface area contributed by atoms with Gasteiger partial charge in [-0.15, -0.1) is 0 Å². The molecule has 0 saturated carbocycles. The van der Waals surface area contributed by atoms with Crippen LogP contribution < -0.4 is 5.73 Å². The highest BCUT2D eigenvalue weighted by Crippen LogP contribution is 2.00. The molecule has 5 heteroatoms. The molecule has 0 radical (unpaired) electrons. The third-order valence-corrected chi connectivity index (χ3v) is 1.21. The van der Waals surface area contributed by atoms with Crippen LogP contribution in [0.4, 0.5) is 0 Å². The number of carbonyl (C=O) groups is 1. The number of nitrogens with zero attached hydrogens (tertiary/aromatic N) is 1. The highest BCUT2D eigenvalue weighted by atomic mass is 16.6. The summed E-state index contributed by atoms with van der Waals surface area (Å²) in [5.41, 5.74) is 4.76. The molecule has 0 heterocycles. The van der Waals surface area contributed by atoms with Crippen molar-refractivity contribution >= 4 is 5.91 Å². The van der Waals surface area contributed by atoms with Crippen LogP contribution in [-0.4, -0.2) is 16.9 Å². The van der Waals surface area contributed by atoms with E-state index in [4.69, 9.17) is 5.73 Å². The maximum absolute atomic E-state index is 10.2. The summed E-state index contributed by atoms with van der Waals surface area (Å²) in [5, 5.41) is 10.1. The molecule has 2 N–H and O–H groups in total. The van der Waals surface area contributed by atoms with E-state index in [9.17, 15) is 14.9 Å². The van der Waals surface area contributed by atoms with Crippen LogP contribution in [0, 0.1) is 10.1 Å². The summed E-state index contributed by atoms with van der Waals surface area (Å²) < 4.78 is 0. The number of carbonyl (C=O) groups excluding carboxylic acids is 1. The maximum Gasteiger partial charge on any atom is 0.224 e. The van der Waals surface area contributed by atoms with E-state index in [-0.39, 0.29) is 6.42 Å². The van der Waals surface area contributed by atoms with E-state index in [0.717, 1.165) is 0 Å². The van der Waals surface area contributed by atoms with Crippen LogP contribution in [0.2, 0.25) is 0 Å². The lowest BCUT2D eigenvalue weighted by Crippen LogP contribution is -2.25. The monoisotopic (exact) mass is 146 g/mol. The topological polar surface area (TPSA) is 86.2 Å². The molecule has 0 aliphatic heterocycles. The van der Waals surface area contributed by atoms with Crippen molar-refractivity contribution in [2.45, 2.75) is 25.8 Å². The van der Waals surface area contributed by atoms with Gasteiger partial charge in [0.05, 0.1) is 6.42 Å². The number of nitro groups is 1. The molecule has 5 nitrogen and oxygen atoms in total. The fourth-order valence-corrected chi connectivity index (χ4v) is 0.600. The molecule has 1 amide bonds. The van der Waals surface area contributed by atoms with Gasteiger partial charge in [-0.2, -0.15) is 0 Å². The molecule has 0 aliphatic rings. The Bertz CT molecular complexity index is 146. The van der Waals surface area contributed by atoms with Crippen LogP contribution in [0.1, 0.15) is 19.8 Å². The van der Waals surface area contributed by atoms with Gasteiger partial charge < -0.3 is 5.73 Å². The lowest BCUT2D eigenvalue weighted by Gasteiger charge is -2.01. The van der Waals surface area contributed by atoms with Crippen LogP contribution in [0.5, 0.6) is 0 Å². The van der Waals surface area contributed by atoms with E-state index in [1.807, 2.05) is 0 Å². The summed E-state index contributed by atoms with van der Waals surface area (Å²) in [6.07, 6.45) is 0.180. The number of amides is 1. The first kappa shape index (κ1) is 8.87. The standard InChI is InChI=1S/C5H10N2O3/c1-2-4(7(9)10)3-5(6)8/h4H,2-3H2,1H3,(H2,6,8). The minimum Gasteiger partial charge on any atom is -0.369 e. The Labute approximate surface area is 58.4 Å². The summed E-state index contributed by atoms with van der Waals surface area (Å²) in [7, 11) is 0. The van der Waals surface area contributed by atoms with Gasteiger partial charge in [-0.05, 0) is 0 Å². The molecule has 0 aromatic rings. The van der Waals surface area contributed by atoms with Crippen LogP contribution in [0.15, 0.2) is 0 Å². The molecule has 0 rings (SSSR count). The normalized spacial score (nSPS) is 12.5. The Kier molecular flexibility index (Phi) is 3.38. The van der Waals surface area contributed by atoms with Gasteiger partial charge in [0, 0.05) is 11.3 Å². The van der Waals surface area contributed by atoms with Gasteiger partial charge in [0.25, 0.3) is 0 Å². The molecule has 1 atom stereocenters. The molecule has 10 heavy (non-hydrogen) atoms. The second-order valence-corrected chi connectivity index (χ2v) is 2.02. The molecule has 0 spiro atoms. The van der Waals surface area contributed by atoms with Gasteiger partial charge in [-0.25, -0.2) is 0 Å². The van der Waals surface area contributed by atoms with Crippen LogP contribution in [0.3, 0.4) is 0 Å². The molecule has 0 bridgehead atoms. The minimum atomic E-state index is -0.808. The smallest absolute Gasteiger partial charge is 0.224 e. The SMILES string of the molecule is CCC(CC(N)=O)[N+](=O)[O-]. The summed E-state index contributed by atoms with van der Waals surface area (Å²) in [6.45, 7) is 1.65. The molecular weight excluding hydrogens is 136 g/mol. The van der Waals surface area contributed by atoms with Gasteiger partial charge >= 0.3 is 0 Å². The number of primary amides is 1. The summed E-state index contributed by atoms with van der Waals surface area (Å²) >= 11 is 0. The van der Waals surface area contributed by atoms with Crippen LogP contribution in [0.25, 0.3) is 0 Å². The van der Waals surface area contributed by atoms with Crippen molar-refractivity contribution in [2.24, 2.45) is 5.73 Å². The predicted octanol–water partition coefficient (Wildman–Crippen LogP) is -0.0829. The zero-order chi connectivity index (χ0) is 8.15. The lowest BCUT2D eigenvalue weighted by atomic mass is 10.1. The van der Waals surface area contributed by atoms with Gasteiger partial charge in [0.1, 0.15) is 0 Å². The van der Waals surface area contributed by atoms with E-state index in [0.29, 0.717) is 6.42 Å². The number of rotatable bonds is 4. The quantitative estimate of drug-likeness (QED) is 0.444. The van der Waals surface area contributed by atoms with Crippen molar-refractivity contribution in [2.75, 3.05) is 0 Å². The summed E-state index contributed by atoms with van der Waals surface area (Å²) in [5.74, 6) is -0.622. The summed E-state index contributed by atoms with van der Waals surface area (Å²) in [4.78, 5) is 19.8. The molecule has 0 saturated heterocycles. The van der Waals surface area contributed by atoms with Gasteiger partial charge in [-0.1, -0.05) is 6.92 Å². The lowest BCUT2D eigenvalue weighted by molar-refractivity contribution is -0.521. The largest absolute Gasteiger partial charge is 0.369 e. The molecule has 1 unspecified atom stereocenters. The average Bonchev–Trinajstić information content (AvgIpc) is 1.81. The first-order valence-corrected chi connectivity index (χ1v) is 2.99. The first-order valence-electron chi connectivity index (χ1n) is 2.99. The Morgan fingerprint density at radius 1 is 1.80 bits per heavy atom. The second kappa shape index (κ2) is 3.81. The average molecular weight is 146 g/mol. The Hall–Kier alpha value is -1.13. The highest BCUT2D eigenvalue weighted by molar-refractivity contribution is 5.74. The van der Waals surface area contributed by atoms with E-state index in [1.165, 1.54) is 0 Å². The zero-order valence-corrected chi connectivity index (χ0v) is 5.74. The Morgan fingerprint density at radius 3 is 2.40 bits per heavy atom. The number of hydrogen-bond donors (Lipinski definition) is 1. The minimum absolute atomic E-state index is 0.163. The molecular formula is C5H10N2O3. The maximum atomic E-state index is 10.2. The van der Waals surface area contributed by atoms with Gasteiger partial charge in [0.15, 0.2) is 0 Å². The fraction of sp³-hybridized carbons (Fsp3) is 0.800. The van der Waals surface area contributed by atoms with Gasteiger partial charge in [0.2, 0.25) is 11.9 Å². The van der Waals surface area contributed by atoms with E-state index in [1.54, 1.807) is 6.92 Å². The van der Waals surface area contributed by atoms with Crippen molar-refractivity contribution in [3.05, 3.63) is 10.1 Å². The zero-order valence-electron chi connectivity index (χ0n) is 5.74. The van der Waals surface area contributed by atoms with Crippen molar-refractivity contribution in [3.8, 4) is 0 Å². The molecule has 0 aliphatic carbocycles. The molecule has 0 aromatic carbocycles. The van der Waals surface area contributed by atoms with Crippen molar-refractivity contribution in [1.29, 1.82) is 0 Å². The van der Waals surface area contributed by atoms with Crippen LogP contribution >= 0.6 is 0 Å². The highest BCUT2D eigenvalue weighted by Gasteiger charge is 2.19. The molecule has 0 fully saturated rings. The molecule has 58 valence electrons. The van der Waals surface area contributed by atoms with E-state index < -0.39 is 16.9 Å².